The third-order valence-corrected chi connectivity index (χ3v) is 5.45. The van der Waals surface area contributed by atoms with Gasteiger partial charge in [-0.25, -0.2) is 4.39 Å². The molecular formula is C16H20ClFN2O. The maximum atomic E-state index is 13.8. The quantitative estimate of drug-likeness (QED) is 0.933. The first-order valence-electron chi connectivity index (χ1n) is 7.42. The van der Waals surface area contributed by atoms with Gasteiger partial charge in [0.1, 0.15) is 5.82 Å². The molecule has 4 atom stereocenters. The summed E-state index contributed by atoms with van der Waals surface area (Å²) in [5.74, 6) is 0.415. The molecule has 3 nitrogen and oxygen atoms in total. The zero-order valence-corrected chi connectivity index (χ0v) is 12.8. The molecule has 0 aliphatic heterocycles. The van der Waals surface area contributed by atoms with Crippen LogP contribution in [0.2, 0.25) is 5.02 Å². The smallest absolute Gasteiger partial charge is 0.227 e. The van der Waals surface area contributed by atoms with Gasteiger partial charge < -0.3 is 10.6 Å². The van der Waals surface area contributed by atoms with E-state index in [1.165, 1.54) is 6.07 Å². The summed E-state index contributed by atoms with van der Waals surface area (Å²) < 4.78 is 13.8. The highest BCUT2D eigenvalue weighted by Gasteiger charge is 2.49. The van der Waals surface area contributed by atoms with Crippen molar-refractivity contribution < 1.29 is 9.18 Å². The lowest BCUT2D eigenvalue weighted by Crippen LogP contribution is -2.45. The highest BCUT2D eigenvalue weighted by atomic mass is 35.5. The maximum Gasteiger partial charge on any atom is 0.227 e. The summed E-state index contributed by atoms with van der Waals surface area (Å²) in [5, 5.41) is 0.354. The number of hydrogen-bond acceptors (Lipinski definition) is 2. The Labute approximate surface area is 129 Å². The van der Waals surface area contributed by atoms with Crippen LogP contribution >= 0.6 is 11.6 Å². The molecule has 0 aromatic heterocycles. The molecule has 2 fully saturated rings. The van der Waals surface area contributed by atoms with Crippen molar-refractivity contribution in [2.75, 3.05) is 7.05 Å². The normalized spacial score (nSPS) is 30.7. The molecule has 0 saturated heterocycles. The van der Waals surface area contributed by atoms with E-state index in [4.69, 9.17) is 17.3 Å². The van der Waals surface area contributed by atoms with E-state index < -0.39 is 0 Å². The fourth-order valence-corrected chi connectivity index (χ4v) is 4.18. The number of nitrogens with two attached hydrogens (primary N) is 1. The molecular weight excluding hydrogens is 291 g/mol. The van der Waals surface area contributed by atoms with Crippen LogP contribution in [-0.2, 0) is 11.3 Å². The number of amides is 1. The summed E-state index contributed by atoms with van der Waals surface area (Å²) >= 11 is 6.03. The molecule has 114 valence electrons. The van der Waals surface area contributed by atoms with E-state index in [9.17, 15) is 9.18 Å². The maximum absolute atomic E-state index is 13.8. The van der Waals surface area contributed by atoms with Crippen molar-refractivity contribution in [1.82, 2.24) is 4.90 Å². The molecule has 1 amide bonds. The van der Waals surface area contributed by atoms with Gasteiger partial charge in [-0.15, -0.1) is 0 Å². The van der Waals surface area contributed by atoms with Gasteiger partial charge >= 0.3 is 0 Å². The average Bonchev–Trinajstić information content (AvgIpc) is 3.03. The van der Waals surface area contributed by atoms with Crippen LogP contribution in [-0.4, -0.2) is 23.9 Å². The SMILES string of the molecule is CN(Cc1c(F)cccc1Cl)C(=O)C1C2CCC(C2)C1N. The molecule has 2 saturated carbocycles. The van der Waals surface area contributed by atoms with Crippen LogP contribution in [0.25, 0.3) is 0 Å². The van der Waals surface area contributed by atoms with E-state index in [2.05, 4.69) is 0 Å². The van der Waals surface area contributed by atoms with Gasteiger partial charge in [0.25, 0.3) is 0 Å². The highest BCUT2D eigenvalue weighted by Crippen LogP contribution is 2.48. The molecule has 0 heterocycles. The van der Waals surface area contributed by atoms with Crippen LogP contribution in [0, 0.1) is 23.6 Å². The number of nitrogens with zero attached hydrogens (tertiary/aromatic N) is 1. The van der Waals surface area contributed by atoms with Crippen molar-refractivity contribution in [1.29, 1.82) is 0 Å². The number of fused-ring (bicyclic) bond motifs is 2. The summed E-state index contributed by atoms with van der Waals surface area (Å²) in [6.07, 6.45) is 3.29. The van der Waals surface area contributed by atoms with Gasteiger partial charge in [0.05, 0.1) is 5.92 Å². The second kappa shape index (κ2) is 5.58. The molecule has 2 bridgehead atoms. The predicted molar refractivity (Wildman–Crippen MR) is 80.2 cm³/mol. The van der Waals surface area contributed by atoms with Crippen molar-refractivity contribution in [3.8, 4) is 0 Å². The topological polar surface area (TPSA) is 46.3 Å². The molecule has 5 heteroatoms. The Hall–Kier alpha value is -1.13. The summed E-state index contributed by atoms with van der Waals surface area (Å²) in [4.78, 5) is 14.2. The molecule has 21 heavy (non-hydrogen) atoms. The minimum Gasteiger partial charge on any atom is -0.341 e. The first-order valence-corrected chi connectivity index (χ1v) is 7.80. The number of halogens is 2. The monoisotopic (exact) mass is 310 g/mol. The van der Waals surface area contributed by atoms with Crippen molar-refractivity contribution in [2.24, 2.45) is 23.5 Å². The average molecular weight is 311 g/mol. The summed E-state index contributed by atoms with van der Waals surface area (Å²) in [6.45, 7) is 0.185. The lowest BCUT2D eigenvalue weighted by Gasteiger charge is -2.31. The first-order chi connectivity index (χ1) is 9.99. The van der Waals surface area contributed by atoms with Gasteiger partial charge in [0.2, 0.25) is 5.91 Å². The Kier molecular flexibility index (Phi) is 3.93. The second-order valence-electron chi connectivity index (χ2n) is 6.33. The van der Waals surface area contributed by atoms with E-state index in [-0.39, 0.29) is 30.2 Å². The molecule has 1 aromatic rings. The Bertz CT molecular complexity index is 543. The molecule has 2 aliphatic carbocycles. The van der Waals surface area contributed by atoms with Crippen LogP contribution in [0.3, 0.4) is 0 Å². The van der Waals surface area contributed by atoms with E-state index in [1.54, 1.807) is 24.1 Å². The molecule has 3 rings (SSSR count). The molecule has 4 unspecified atom stereocenters. The van der Waals surface area contributed by atoms with E-state index in [1.807, 2.05) is 0 Å². The Morgan fingerprint density at radius 2 is 2.14 bits per heavy atom. The Morgan fingerprint density at radius 1 is 1.43 bits per heavy atom. The third kappa shape index (κ3) is 2.55. The Balaban J connectivity index is 1.74. The molecule has 2 N–H and O–H groups in total. The molecule has 0 spiro atoms. The zero-order valence-electron chi connectivity index (χ0n) is 12.1. The van der Waals surface area contributed by atoms with Crippen LogP contribution in [0.1, 0.15) is 24.8 Å². The van der Waals surface area contributed by atoms with Crippen molar-refractivity contribution in [2.45, 2.75) is 31.8 Å². The fraction of sp³-hybridized carbons (Fsp3) is 0.562. The number of benzene rings is 1. The minimum atomic E-state index is -0.376. The summed E-state index contributed by atoms with van der Waals surface area (Å²) in [6, 6.07) is 4.52. The molecule has 1 aromatic carbocycles. The van der Waals surface area contributed by atoms with Gasteiger partial charge in [0, 0.05) is 30.2 Å². The zero-order chi connectivity index (χ0) is 15.1. The van der Waals surface area contributed by atoms with Gasteiger partial charge in [-0.3, -0.25) is 4.79 Å². The van der Waals surface area contributed by atoms with Gasteiger partial charge in [0.15, 0.2) is 0 Å². The van der Waals surface area contributed by atoms with Crippen molar-refractivity contribution in [3.05, 3.63) is 34.6 Å². The highest BCUT2D eigenvalue weighted by molar-refractivity contribution is 6.31. The van der Waals surface area contributed by atoms with Crippen LogP contribution in [0.15, 0.2) is 18.2 Å². The number of carbonyl (C=O) groups is 1. The first kappa shape index (κ1) is 14.8. The lowest BCUT2D eigenvalue weighted by atomic mass is 9.84. The standard InChI is InChI=1S/C16H20ClFN2O/c1-20(8-11-12(17)3-2-4-13(11)18)16(21)14-9-5-6-10(7-9)15(14)19/h2-4,9-10,14-15H,5-8,19H2,1H3. The van der Waals surface area contributed by atoms with Crippen LogP contribution in [0.5, 0.6) is 0 Å². The van der Waals surface area contributed by atoms with Gasteiger partial charge in [-0.05, 0) is 43.2 Å². The lowest BCUT2D eigenvalue weighted by molar-refractivity contribution is -0.137. The van der Waals surface area contributed by atoms with E-state index >= 15 is 0 Å². The predicted octanol–water partition coefficient (Wildman–Crippen LogP) is 2.81. The van der Waals surface area contributed by atoms with Crippen LogP contribution < -0.4 is 5.73 Å². The van der Waals surface area contributed by atoms with Crippen molar-refractivity contribution in [3.63, 3.8) is 0 Å². The van der Waals surface area contributed by atoms with Gasteiger partial charge in [-0.2, -0.15) is 0 Å². The van der Waals surface area contributed by atoms with Crippen molar-refractivity contribution >= 4 is 17.5 Å². The number of carbonyl (C=O) groups excluding carboxylic acids is 1. The molecule has 2 aliphatic rings. The number of rotatable bonds is 3. The Morgan fingerprint density at radius 3 is 2.76 bits per heavy atom. The van der Waals surface area contributed by atoms with Gasteiger partial charge in [-0.1, -0.05) is 17.7 Å². The summed E-state index contributed by atoms with van der Waals surface area (Å²) in [7, 11) is 1.70. The van der Waals surface area contributed by atoms with E-state index in [0.29, 0.717) is 22.4 Å². The fourth-order valence-electron chi connectivity index (χ4n) is 3.96. The largest absolute Gasteiger partial charge is 0.341 e. The van der Waals surface area contributed by atoms with E-state index in [0.717, 1.165) is 19.3 Å². The second-order valence-corrected chi connectivity index (χ2v) is 6.74. The minimum absolute atomic E-state index is 0.0222. The van der Waals surface area contributed by atoms with Crippen LogP contribution in [0.4, 0.5) is 4.39 Å². The third-order valence-electron chi connectivity index (χ3n) is 5.10. The summed E-state index contributed by atoms with van der Waals surface area (Å²) in [5.41, 5.74) is 6.58. The number of hydrogen-bond donors (Lipinski definition) is 1. The molecule has 0 radical (unpaired) electrons.